The van der Waals surface area contributed by atoms with E-state index in [1.165, 1.54) is 12.1 Å². The van der Waals surface area contributed by atoms with E-state index in [2.05, 4.69) is 10.6 Å². The molecule has 1 aromatic rings. The Morgan fingerprint density at radius 2 is 2.00 bits per heavy atom. The number of carbonyl (C=O) groups is 2. The van der Waals surface area contributed by atoms with Gasteiger partial charge in [0.15, 0.2) is 0 Å². The molecule has 3 amide bonds. The number of hydrogen-bond acceptors (Lipinski definition) is 2. The molecule has 6 heteroatoms. The molecule has 0 spiro atoms. The molecule has 3 rings (SSSR count). The third-order valence-corrected chi connectivity index (χ3v) is 5.53. The van der Waals surface area contributed by atoms with Crippen LogP contribution in [0, 0.1) is 5.82 Å². The molecule has 1 atom stereocenters. The fourth-order valence-electron chi connectivity index (χ4n) is 3.79. The molecule has 0 aromatic heterocycles. The fraction of sp³-hybridized carbons (Fsp3) is 0.579. The monoisotopic (exact) mass is 347 g/mol. The quantitative estimate of drug-likeness (QED) is 0.860. The molecule has 2 aliphatic rings. The third-order valence-electron chi connectivity index (χ3n) is 5.53. The Labute approximate surface area is 148 Å². The molecular weight excluding hydrogens is 321 g/mol. The molecule has 1 heterocycles. The molecule has 2 fully saturated rings. The zero-order chi connectivity index (χ0) is 17.9. The van der Waals surface area contributed by atoms with Crippen molar-refractivity contribution in [1.82, 2.24) is 15.5 Å². The molecule has 5 nitrogen and oxygen atoms in total. The van der Waals surface area contributed by atoms with E-state index >= 15 is 0 Å². The van der Waals surface area contributed by atoms with Gasteiger partial charge in [-0.2, -0.15) is 0 Å². The van der Waals surface area contributed by atoms with Gasteiger partial charge in [0.25, 0.3) is 0 Å². The van der Waals surface area contributed by atoms with E-state index in [1.807, 2.05) is 19.1 Å². The highest BCUT2D eigenvalue weighted by Crippen LogP contribution is 2.43. The van der Waals surface area contributed by atoms with Crippen LogP contribution in [0.1, 0.15) is 44.6 Å². The Bertz CT molecular complexity index is 628. The van der Waals surface area contributed by atoms with Crippen LogP contribution in [0.25, 0.3) is 0 Å². The van der Waals surface area contributed by atoms with E-state index in [0.717, 1.165) is 31.2 Å². The molecule has 1 aromatic carbocycles. The standard InChI is InChI=1S/C19H26FN3O2/c1-2-17(24)23-11-8-16(12-23)22-18(25)21-13-19(9-3-10-19)14-4-6-15(20)7-5-14/h4-7,16H,2-3,8-13H2,1H3,(H2,21,22,25)/t16-/m0/s1. The molecular formula is C19H26FN3O2. The van der Waals surface area contributed by atoms with Crippen LogP contribution in [0.4, 0.5) is 9.18 Å². The van der Waals surface area contributed by atoms with Gasteiger partial charge < -0.3 is 15.5 Å². The normalized spacial score (nSPS) is 21.5. The molecule has 1 aliphatic carbocycles. The van der Waals surface area contributed by atoms with Gasteiger partial charge in [0.05, 0.1) is 0 Å². The van der Waals surface area contributed by atoms with E-state index < -0.39 is 0 Å². The van der Waals surface area contributed by atoms with E-state index in [4.69, 9.17) is 0 Å². The Morgan fingerprint density at radius 1 is 1.28 bits per heavy atom. The van der Waals surface area contributed by atoms with Gasteiger partial charge >= 0.3 is 6.03 Å². The Morgan fingerprint density at radius 3 is 2.60 bits per heavy atom. The number of nitrogens with zero attached hydrogens (tertiary/aromatic N) is 1. The van der Waals surface area contributed by atoms with Gasteiger partial charge in [0, 0.05) is 37.5 Å². The highest BCUT2D eigenvalue weighted by Gasteiger charge is 2.39. The summed E-state index contributed by atoms with van der Waals surface area (Å²) in [5.74, 6) is -0.106. The van der Waals surface area contributed by atoms with E-state index in [0.29, 0.717) is 26.1 Å². The lowest BCUT2D eigenvalue weighted by Gasteiger charge is -2.42. The maximum atomic E-state index is 13.1. The second-order valence-corrected chi connectivity index (χ2v) is 7.15. The topological polar surface area (TPSA) is 61.4 Å². The first-order chi connectivity index (χ1) is 12.0. The summed E-state index contributed by atoms with van der Waals surface area (Å²) in [6.45, 7) is 3.69. The summed E-state index contributed by atoms with van der Waals surface area (Å²) in [5.41, 5.74) is 1.01. The minimum Gasteiger partial charge on any atom is -0.341 e. The molecule has 1 saturated heterocycles. The Hall–Kier alpha value is -2.11. The van der Waals surface area contributed by atoms with Gasteiger partial charge in [-0.15, -0.1) is 0 Å². The SMILES string of the molecule is CCC(=O)N1CC[C@H](NC(=O)NCC2(c3ccc(F)cc3)CCC2)C1. The minimum absolute atomic E-state index is 0.0126. The van der Waals surface area contributed by atoms with Crippen LogP contribution in [-0.4, -0.2) is 42.5 Å². The highest BCUT2D eigenvalue weighted by molar-refractivity contribution is 5.77. The van der Waals surface area contributed by atoms with Crippen molar-refractivity contribution in [2.75, 3.05) is 19.6 Å². The molecule has 0 unspecified atom stereocenters. The van der Waals surface area contributed by atoms with Gasteiger partial charge in [0.2, 0.25) is 5.91 Å². The fourth-order valence-corrected chi connectivity index (χ4v) is 3.79. The van der Waals surface area contributed by atoms with Crippen molar-refractivity contribution in [3.63, 3.8) is 0 Å². The lowest BCUT2D eigenvalue weighted by atomic mass is 9.64. The van der Waals surface area contributed by atoms with Crippen LogP contribution >= 0.6 is 0 Å². The predicted molar refractivity (Wildman–Crippen MR) is 93.7 cm³/mol. The third kappa shape index (κ3) is 3.94. The summed E-state index contributed by atoms with van der Waals surface area (Å²) in [7, 11) is 0. The van der Waals surface area contributed by atoms with Gasteiger partial charge in [-0.3, -0.25) is 4.79 Å². The van der Waals surface area contributed by atoms with E-state index in [1.54, 1.807) is 4.90 Å². The number of nitrogens with one attached hydrogen (secondary N) is 2. The van der Waals surface area contributed by atoms with Crippen LogP contribution in [0.3, 0.4) is 0 Å². The highest BCUT2D eigenvalue weighted by atomic mass is 19.1. The van der Waals surface area contributed by atoms with Crippen LogP contribution in [-0.2, 0) is 10.2 Å². The number of urea groups is 1. The van der Waals surface area contributed by atoms with Crippen molar-refractivity contribution in [3.8, 4) is 0 Å². The number of benzene rings is 1. The van der Waals surface area contributed by atoms with E-state index in [-0.39, 0.29) is 29.2 Å². The molecule has 1 aliphatic heterocycles. The molecule has 0 radical (unpaired) electrons. The van der Waals surface area contributed by atoms with Crippen LogP contribution in [0.2, 0.25) is 0 Å². The maximum Gasteiger partial charge on any atom is 0.315 e. The van der Waals surface area contributed by atoms with Crippen LogP contribution < -0.4 is 10.6 Å². The Balaban J connectivity index is 1.50. The van der Waals surface area contributed by atoms with Gasteiger partial charge in [-0.1, -0.05) is 25.5 Å². The molecule has 0 bridgehead atoms. The average Bonchev–Trinajstić information content (AvgIpc) is 3.03. The molecule has 2 N–H and O–H groups in total. The van der Waals surface area contributed by atoms with Crippen molar-refractivity contribution in [3.05, 3.63) is 35.6 Å². The zero-order valence-electron chi connectivity index (χ0n) is 14.7. The number of likely N-dealkylation sites (tertiary alicyclic amines) is 1. The summed E-state index contributed by atoms with van der Waals surface area (Å²) >= 11 is 0. The van der Waals surface area contributed by atoms with Crippen LogP contribution in [0.5, 0.6) is 0 Å². The number of carbonyl (C=O) groups excluding carboxylic acids is 2. The smallest absolute Gasteiger partial charge is 0.315 e. The van der Waals surface area contributed by atoms with Gasteiger partial charge in [0.1, 0.15) is 5.82 Å². The summed E-state index contributed by atoms with van der Waals surface area (Å²) in [6, 6.07) is 6.42. The van der Waals surface area contributed by atoms with Crippen molar-refractivity contribution in [1.29, 1.82) is 0 Å². The summed E-state index contributed by atoms with van der Waals surface area (Å²) < 4.78 is 13.1. The lowest BCUT2D eigenvalue weighted by Crippen LogP contribution is -2.50. The van der Waals surface area contributed by atoms with Crippen molar-refractivity contribution >= 4 is 11.9 Å². The maximum absolute atomic E-state index is 13.1. The summed E-state index contributed by atoms with van der Waals surface area (Å²) in [5, 5.41) is 5.94. The molecule has 136 valence electrons. The average molecular weight is 347 g/mol. The summed E-state index contributed by atoms with van der Waals surface area (Å²) in [4.78, 5) is 25.7. The first kappa shape index (κ1) is 17.7. The summed E-state index contributed by atoms with van der Waals surface area (Å²) in [6.07, 6.45) is 4.42. The first-order valence-electron chi connectivity index (χ1n) is 9.10. The number of amides is 3. The van der Waals surface area contributed by atoms with Crippen molar-refractivity contribution < 1.29 is 14.0 Å². The second kappa shape index (κ2) is 7.42. The van der Waals surface area contributed by atoms with Crippen molar-refractivity contribution in [2.45, 2.75) is 50.5 Å². The van der Waals surface area contributed by atoms with Gasteiger partial charge in [-0.05, 0) is 37.0 Å². The number of rotatable bonds is 5. The number of halogens is 1. The number of hydrogen-bond donors (Lipinski definition) is 2. The lowest BCUT2D eigenvalue weighted by molar-refractivity contribution is -0.129. The van der Waals surface area contributed by atoms with Gasteiger partial charge in [-0.25, -0.2) is 9.18 Å². The minimum atomic E-state index is -0.240. The van der Waals surface area contributed by atoms with E-state index in [9.17, 15) is 14.0 Å². The molecule has 25 heavy (non-hydrogen) atoms. The van der Waals surface area contributed by atoms with Crippen LogP contribution in [0.15, 0.2) is 24.3 Å². The largest absolute Gasteiger partial charge is 0.341 e. The zero-order valence-corrected chi connectivity index (χ0v) is 14.7. The Kier molecular flexibility index (Phi) is 5.25. The predicted octanol–water partition coefficient (Wildman–Crippen LogP) is 2.56. The first-order valence-corrected chi connectivity index (χ1v) is 9.10. The molecule has 1 saturated carbocycles. The van der Waals surface area contributed by atoms with Crippen molar-refractivity contribution in [2.24, 2.45) is 0 Å². The second-order valence-electron chi connectivity index (χ2n) is 7.15.